The van der Waals surface area contributed by atoms with E-state index >= 15 is 0 Å². The van der Waals surface area contributed by atoms with E-state index in [-0.39, 0.29) is 28.6 Å². The SMILES string of the molecule is COCOC(=O)c1c(C2=c3cc4c5c(c3Cc3c2cc2c6c3CCCN6CCC2)CCC[N+]=5CCC4)c(C(=O)O)c(S)c(Oc2ccccc2)c1-c1ccccc1. The van der Waals surface area contributed by atoms with E-state index in [0.717, 1.165) is 100 Å². The zero-order valence-electron chi connectivity index (χ0n) is 32.2. The number of carboxylic acids is 1. The number of methoxy groups -OCH3 is 1. The predicted octanol–water partition coefficient (Wildman–Crippen LogP) is 7.13. The lowest BCUT2D eigenvalue weighted by atomic mass is 9.73. The Bertz CT molecular complexity index is 2630. The fourth-order valence-corrected chi connectivity index (χ4v) is 10.8. The summed E-state index contributed by atoms with van der Waals surface area (Å²) in [5.41, 5.74) is 12.4. The van der Waals surface area contributed by atoms with Gasteiger partial charge in [-0.1, -0.05) is 48.5 Å². The molecule has 1 N–H and O–H groups in total. The van der Waals surface area contributed by atoms with Crippen LogP contribution >= 0.6 is 12.6 Å². The number of carbonyl (C=O) groups is 2. The third-order valence-corrected chi connectivity index (χ3v) is 13.0. The van der Waals surface area contributed by atoms with Gasteiger partial charge in [0, 0.05) is 61.0 Å². The maximum absolute atomic E-state index is 15.0. The van der Waals surface area contributed by atoms with Gasteiger partial charge in [-0.05, 0) is 113 Å². The van der Waals surface area contributed by atoms with Gasteiger partial charge in [0.15, 0.2) is 6.79 Å². The van der Waals surface area contributed by atoms with E-state index in [1.54, 1.807) is 12.1 Å². The zero-order chi connectivity index (χ0) is 38.8. The number of carboxylic acid groups (broad SMARTS) is 1. The van der Waals surface area contributed by atoms with Gasteiger partial charge in [-0.15, -0.1) is 12.6 Å². The minimum Gasteiger partial charge on any atom is -0.478 e. The highest BCUT2D eigenvalue weighted by Crippen LogP contribution is 2.50. The second kappa shape index (κ2) is 14.5. The Morgan fingerprint density at radius 3 is 2.25 bits per heavy atom. The molecule has 0 atom stereocenters. The molecule has 0 aromatic heterocycles. The Balaban J connectivity index is 1.42. The van der Waals surface area contributed by atoms with E-state index in [2.05, 4.69) is 21.6 Å². The van der Waals surface area contributed by atoms with Gasteiger partial charge in [-0.2, -0.15) is 0 Å². The van der Waals surface area contributed by atoms with Crippen LogP contribution in [0.25, 0.3) is 16.7 Å². The Hall–Kier alpha value is -5.38. The number of esters is 1. The summed E-state index contributed by atoms with van der Waals surface area (Å²) in [7, 11) is 1.47. The third-order valence-electron chi connectivity index (χ3n) is 12.6. The summed E-state index contributed by atoms with van der Waals surface area (Å²) in [6.07, 6.45) is 8.83. The monoisotopic (exact) mass is 777 g/mol. The van der Waals surface area contributed by atoms with Gasteiger partial charge in [0.05, 0.1) is 16.0 Å². The van der Waals surface area contributed by atoms with E-state index < -0.39 is 11.9 Å². The molecule has 0 spiro atoms. The van der Waals surface area contributed by atoms with Crippen LogP contribution in [0.4, 0.5) is 5.69 Å². The summed E-state index contributed by atoms with van der Waals surface area (Å²) in [6, 6.07) is 23.4. The van der Waals surface area contributed by atoms with Crippen molar-refractivity contribution < 1.29 is 28.9 Å². The topological polar surface area (TPSA) is 88.3 Å². The first-order chi connectivity index (χ1) is 27.9. The van der Waals surface area contributed by atoms with Crippen molar-refractivity contribution in [3.8, 4) is 22.6 Å². The summed E-state index contributed by atoms with van der Waals surface area (Å²) in [6.45, 7) is 3.88. The van der Waals surface area contributed by atoms with E-state index in [4.69, 9.17) is 26.8 Å². The molecule has 9 heteroatoms. The Morgan fingerprint density at radius 2 is 1.49 bits per heavy atom. The van der Waals surface area contributed by atoms with Crippen molar-refractivity contribution in [1.82, 2.24) is 4.58 Å². The predicted molar refractivity (Wildman–Crippen MR) is 223 cm³/mol. The van der Waals surface area contributed by atoms with Crippen LogP contribution in [0.2, 0.25) is 0 Å². The summed E-state index contributed by atoms with van der Waals surface area (Å²) in [4.78, 5) is 31.8. The number of aryl methyl sites for hydroxylation is 2. The number of para-hydroxylation sites is 1. The standard InChI is InChI=1S/C48H44N2O6S/c1-54-27-55-48(53)41-38(28-12-4-2-5-13-28)45(56-31-16-6-3-7-17-31)46(57)42(47(51)52)40(41)39-36-24-29-14-8-20-49-22-10-18-32(43(29)49)34(36)26-35-33-19-11-23-50-21-9-15-30(44(33)50)25-37(35)39/h2-7,12-13,16-17,24-25H,8-11,14-15,18-23,26-27H2,1H3,(H-,51,52,53,57)/p+1. The van der Waals surface area contributed by atoms with Gasteiger partial charge in [0.2, 0.25) is 5.36 Å². The second-order valence-corrected chi connectivity index (χ2v) is 16.3. The lowest BCUT2D eigenvalue weighted by molar-refractivity contribution is -0.0124. The first-order valence-electron chi connectivity index (χ1n) is 20.3. The number of hydrogen-bond acceptors (Lipinski definition) is 7. The lowest BCUT2D eigenvalue weighted by Gasteiger charge is -2.40. The summed E-state index contributed by atoms with van der Waals surface area (Å²) >= 11 is 5.09. The van der Waals surface area contributed by atoms with Crippen molar-refractivity contribution in [2.45, 2.75) is 62.7 Å². The minimum atomic E-state index is -1.20. The van der Waals surface area contributed by atoms with Crippen LogP contribution in [0.3, 0.4) is 0 Å². The number of anilines is 1. The first kappa shape index (κ1) is 36.0. The van der Waals surface area contributed by atoms with E-state index in [9.17, 15) is 14.7 Å². The van der Waals surface area contributed by atoms with E-state index in [1.165, 1.54) is 51.5 Å². The van der Waals surface area contributed by atoms with Crippen LogP contribution < -0.4 is 24.8 Å². The van der Waals surface area contributed by atoms with Crippen LogP contribution in [0, 0.1) is 0 Å². The molecule has 5 aromatic carbocycles. The molecule has 0 bridgehead atoms. The Labute approximate surface area is 337 Å². The molecular weight excluding hydrogens is 733 g/mol. The van der Waals surface area contributed by atoms with Crippen LogP contribution in [0.5, 0.6) is 11.5 Å². The molecule has 0 saturated carbocycles. The van der Waals surface area contributed by atoms with Gasteiger partial charge >= 0.3 is 11.9 Å². The van der Waals surface area contributed by atoms with Gasteiger partial charge in [-0.3, -0.25) is 0 Å². The van der Waals surface area contributed by atoms with Crippen molar-refractivity contribution in [3.63, 3.8) is 0 Å². The van der Waals surface area contributed by atoms with Crippen molar-refractivity contribution in [2.24, 2.45) is 0 Å². The number of carbonyl (C=O) groups excluding carboxylic acids is 1. The normalized spacial score (nSPS) is 16.3. The van der Waals surface area contributed by atoms with Crippen molar-refractivity contribution in [1.29, 1.82) is 0 Å². The number of aromatic carboxylic acids is 1. The fraction of sp³-hybridized carbons (Fsp3) is 0.312. The van der Waals surface area contributed by atoms with Crippen molar-refractivity contribution >= 4 is 35.8 Å². The average Bonchev–Trinajstić information content (AvgIpc) is 3.24. The summed E-state index contributed by atoms with van der Waals surface area (Å²) < 4.78 is 20.4. The van der Waals surface area contributed by atoms with Crippen LogP contribution in [0.1, 0.15) is 90.9 Å². The smallest absolute Gasteiger partial charge is 0.341 e. The highest BCUT2D eigenvalue weighted by molar-refractivity contribution is 7.80. The molecule has 0 amide bonds. The van der Waals surface area contributed by atoms with Gasteiger partial charge in [0.1, 0.15) is 24.6 Å². The number of nitrogens with zero attached hydrogens (tertiary/aromatic N) is 2. The van der Waals surface area contributed by atoms with Gasteiger partial charge in [0.25, 0.3) is 0 Å². The molecule has 10 rings (SSSR count). The van der Waals surface area contributed by atoms with Gasteiger partial charge < -0.3 is 24.2 Å². The van der Waals surface area contributed by atoms with E-state index in [1.807, 2.05) is 48.5 Å². The third kappa shape index (κ3) is 5.88. The quantitative estimate of drug-likeness (QED) is 0.0737. The summed E-state index contributed by atoms with van der Waals surface area (Å²) in [5, 5.41) is 13.8. The molecule has 0 radical (unpaired) electrons. The number of hydrogen-bond donors (Lipinski definition) is 2. The number of rotatable bonds is 8. The van der Waals surface area contributed by atoms with Crippen LogP contribution in [-0.4, -0.2) is 57.1 Å². The number of benzene rings is 5. The molecule has 5 aliphatic rings. The zero-order valence-corrected chi connectivity index (χ0v) is 33.1. The molecule has 4 heterocycles. The number of fused-ring (bicyclic) bond motifs is 4. The fourth-order valence-electron chi connectivity index (χ4n) is 10.4. The Kier molecular flexibility index (Phi) is 9.17. The highest BCUT2D eigenvalue weighted by atomic mass is 32.1. The van der Waals surface area contributed by atoms with Crippen LogP contribution in [-0.2, 0) is 41.6 Å². The highest BCUT2D eigenvalue weighted by Gasteiger charge is 2.39. The molecule has 57 heavy (non-hydrogen) atoms. The Morgan fingerprint density at radius 1 is 0.789 bits per heavy atom. The molecule has 8 nitrogen and oxygen atoms in total. The maximum atomic E-state index is 15.0. The second-order valence-electron chi connectivity index (χ2n) is 15.8. The molecule has 0 saturated heterocycles. The van der Waals surface area contributed by atoms with E-state index in [0.29, 0.717) is 22.4 Å². The largest absolute Gasteiger partial charge is 0.478 e. The molecule has 4 aliphatic heterocycles. The number of ether oxygens (including phenoxy) is 3. The summed E-state index contributed by atoms with van der Waals surface area (Å²) in [5.74, 6) is -1.25. The van der Waals surface area contributed by atoms with Crippen LogP contribution in [0.15, 0.2) is 77.7 Å². The molecule has 288 valence electrons. The number of thiol groups is 1. The molecule has 0 unspecified atom stereocenters. The van der Waals surface area contributed by atoms with Gasteiger partial charge in [-0.25, -0.2) is 14.2 Å². The van der Waals surface area contributed by atoms with Crippen molar-refractivity contribution in [3.05, 3.63) is 139 Å². The molecule has 1 aliphatic carbocycles. The lowest BCUT2D eigenvalue weighted by Crippen LogP contribution is -2.46. The maximum Gasteiger partial charge on any atom is 0.341 e. The van der Waals surface area contributed by atoms with Crippen molar-refractivity contribution in [2.75, 3.05) is 45.0 Å². The minimum absolute atomic E-state index is 0.0944. The molecule has 0 fully saturated rings. The molecule has 5 aromatic rings. The average molecular weight is 778 g/mol. The first-order valence-corrected chi connectivity index (χ1v) is 20.7. The molecular formula is C48H45N2O6S+.